The maximum absolute atomic E-state index is 12.8. The second kappa shape index (κ2) is 7.85. The van der Waals surface area contributed by atoms with Gasteiger partial charge >= 0.3 is 0 Å². The van der Waals surface area contributed by atoms with Gasteiger partial charge in [-0.25, -0.2) is 0 Å². The molecule has 1 saturated heterocycles. The zero-order valence-electron chi connectivity index (χ0n) is 14.8. The Labute approximate surface area is 151 Å². The quantitative estimate of drug-likeness (QED) is 0.857. The highest BCUT2D eigenvalue weighted by molar-refractivity contribution is 5.85. The van der Waals surface area contributed by atoms with Gasteiger partial charge in [-0.2, -0.15) is 0 Å². The molecule has 1 aliphatic heterocycles. The first-order chi connectivity index (χ1) is 11.0. The van der Waals surface area contributed by atoms with E-state index in [4.69, 9.17) is 5.73 Å². The number of amides is 1. The first-order valence-corrected chi connectivity index (χ1v) is 8.76. The SMILES string of the molecule is Cc1ccc(CN(C(=O)CN2CCC(C)(CN)C2)C2CC2)cc1.Cl. The third kappa shape index (κ3) is 4.71. The number of carbonyl (C=O) groups excluding carboxylic acids is 1. The molecule has 3 rings (SSSR count). The highest BCUT2D eigenvalue weighted by atomic mass is 35.5. The van der Waals surface area contributed by atoms with Gasteiger partial charge in [-0.1, -0.05) is 36.8 Å². The Kier molecular flexibility index (Phi) is 6.29. The van der Waals surface area contributed by atoms with E-state index in [1.807, 2.05) is 0 Å². The van der Waals surface area contributed by atoms with Gasteiger partial charge in [0.05, 0.1) is 6.54 Å². The van der Waals surface area contributed by atoms with Crippen molar-refractivity contribution in [1.82, 2.24) is 9.80 Å². The molecule has 1 atom stereocenters. The minimum absolute atomic E-state index is 0. The second-order valence-electron chi connectivity index (χ2n) is 7.71. The molecule has 1 unspecified atom stereocenters. The first-order valence-electron chi connectivity index (χ1n) is 8.76. The van der Waals surface area contributed by atoms with Crippen LogP contribution in [0.5, 0.6) is 0 Å². The Bertz CT molecular complexity index is 558. The Morgan fingerprint density at radius 3 is 2.54 bits per heavy atom. The molecule has 1 aliphatic carbocycles. The number of hydrogen-bond donors (Lipinski definition) is 1. The van der Waals surface area contributed by atoms with Gasteiger partial charge in [-0.05, 0) is 50.3 Å². The van der Waals surface area contributed by atoms with Gasteiger partial charge in [0.1, 0.15) is 0 Å². The monoisotopic (exact) mass is 351 g/mol. The Hall–Kier alpha value is -1.10. The summed E-state index contributed by atoms with van der Waals surface area (Å²) in [6, 6.07) is 8.97. The van der Waals surface area contributed by atoms with Crippen molar-refractivity contribution in [3.05, 3.63) is 35.4 Å². The first kappa shape index (κ1) is 19.2. The third-order valence-corrected chi connectivity index (χ3v) is 5.27. The molecular weight excluding hydrogens is 322 g/mol. The highest BCUT2D eigenvalue weighted by Gasteiger charge is 2.36. The highest BCUT2D eigenvalue weighted by Crippen LogP contribution is 2.31. The smallest absolute Gasteiger partial charge is 0.237 e. The molecule has 0 aromatic heterocycles. The summed E-state index contributed by atoms with van der Waals surface area (Å²) in [6.07, 6.45) is 3.40. The van der Waals surface area contributed by atoms with Gasteiger partial charge in [-0.15, -0.1) is 12.4 Å². The lowest BCUT2D eigenvalue weighted by molar-refractivity contribution is -0.133. The number of rotatable bonds is 6. The van der Waals surface area contributed by atoms with Crippen LogP contribution >= 0.6 is 12.4 Å². The molecule has 2 N–H and O–H groups in total. The summed E-state index contributed by atoms with van der Waals surface area (Å²) in [7, 11) is 0. The standard InChI is InChI=1S/C19H29N3O.ClH/c1-15-3-5-16(6-4-15)11-22(17-7-8-17)18(23)12-21-10-9-19(2,13-20)14-21;/h3-6,17H,7-14,20H2,1-2H3;1H. The van der Waals surface area contributed by atoms with E-state index >= 15 is 0 Å². The summed E-state index contributed by atoms with van der Waals surface area (Å²) < 4.78 is 0. The maximum Gasteiger partial charge on any atom is 0.237 e. The molecule has 0 spiro atoms. The van der Waals surface area contributed by atoms with Crippen molar-refractivity contribution >= 4 is 18.3 Å². The van der Waals surface area contributed by atoms with Crippen LogP contribution in [0.1, 0.15) is 37.3 Å². The fraction of sp³-hybridized carbons (Fsp3) is 0.632. The lowest BCUT2D eigenvalue weighted by atomic mass is 9.90. The van der Waals surface area contributed by atoms with Crippen molar-refractivity contribution in [3.8, 4) is 0 Å². The zero-order chi connectivity index (χ0) is 16.4. The maximum atomic E-state index is 12.8. The largest absolute Gasteiger partial charge is 0.334 e. The van der Waals surface area contributed by atoms with Crippen LogP contribution < -0.4 is 5.73 Å². The number of likely N-dealkylation sites (tertiary alicyclic amines) is 1. The van der Waals surface area contributed by atoms with E-state index in [9.17, 15) is 4.79 Å². The van der Waals surface area contributed by atoms with Crippen LogP contribution in [0.2, 0.25) is 0 Å². The Morgan fingerprint density at radius 2 is 2.00 bits per heavy atom. The van der Waals surface area contributed by atoms with Crippen LogP contribution in [0.3, 0.4) is 0 Å². The summed E-state index contributed by atoms with van der Waals surface area (Å²) in [5.41, 5.74) is 8.54. The van der Waals surface area contributed by atoms with Gasteiger partial charge < -0.3 is 10.6 Å². The predicted octanol–water partition coefficient (Wildman–Crippen LogP) is 2.58. The minimum Gasteiger partial charge on any atom is -0.334 e. The fourth-order valence-corrected chi connectivity index (χ4v) is 3.41. The second-order valence-corrected chi connectivity index (χ2v) is 7.71. The normalized spacial score (nSPS) is 23.8. The van der Waals surface area contributed by atoms with E-state index in [2.05, 4.69) is 47.9 Å². The lowest BCUT2D eigenvalue weighted by Gasteiger charge is -2.27. The average Bonchev–Trinajstić information content (AvgIpc) is 3.30. The lowest BCUT2D eigenvalue weighted by Crippen LogP contribution is -2.41. The molecule has 1 saturated carbocycles. The minimum atomic E-state index is 0. The summed E-state index contributed by atoms with van der Waals surface area (Å²) in [5, 5.41) is 0. The Morgan fingerprint density at radius 1 is 1.33 bits per heavy atom. The third-order valence-electron chi connectivity index (χ3n) is 5.27. The molecular formula is C19H30ClN3O. The summed E-state index contributed by atoms with van der Waals surface area (Å²) in [6.45, 7) is 8.23. The van der Waals surface area contributed by atoms with Crippen LogP contribution in [0.4, 0.5) is 0 Å². The van der Waals surface area contributed by atoms with Crippen LogP contribution in [-0.2, 0) is 11.3 Å². The number of nitrogens with two attached hydrogens (primary N) is 1. The van der Waals surface area contributed by atoms with E-state index < -0.39 is 0 Å². The Balaban J connectivity index is 0.00000208. The fourth-order valence-electron chi connectivity index (χ4n) is 3.41. The van der Waals surface area contributed by atoms with E-state index in [0.717, 1.165) is 38.9 Å². The van der Waals surface area contributed by atoms with Crippen molar-refractivity contribution in [1.29, 1.82) is 0 Å². The van der Waals surface area contributed by atoms with E-state index in [0.29, 0.717) is 19.1 Å². The van der Waals surface area contributed by atoms with Gasteiger partial charge in [-0.3, -0.25) is 9.69 Å². The molecule has 1 amide bonds. The average molecular weight is 352 g/mol. The molecule has 2 fully saturated rings. The number of halogens is 1. The van der Waals surface area contributed by atoms with Crippen molar-refractivity contribution in [3.63, 3.8) is 0 Å². The topological polar surface area (TPSA) is 49.6 Å². The van der Waals surface area contributed by atoms with Crippen LogP contribution in [0.15, 0.2) is 24.3 Å². The number of hydrogen-bond acceptors (Lipinski definition) is 3. The van der Waals surface area contributed by atoms with Crippen molar-refractivity contribution in [2.45, 2.75) is 45.7 Å². The van der Waals surface area contributed by atoms with Crippen molar-refractivity contribution in [2.24, 2.45) is 11.1 Å². The van der Waals surface area contributed by atoms with E-state index in [-0.39, 0.29) is 23.7 Å². The number of nitrogens with zero attached hydrogens (tertiary/aromatic N) is 2. The molecule has 0 radical (unpaired) electrons. The molecule has 1 aromatic carbocycles. The van der Waals surface area contributed by atoms with Gasteiger partial charge in [0.15, 0.2) is 0 Å². The number of aryl methyl sites for hydroxylation is 1. The van der Waals surface area contributed by atoms with Gasteiger partial charge in [0, 0.05) is 19.1 Å². The van der Waals surface area contributed by atoms with Crippen LogP contribution in [-0.4, -0.2) is 47.9 Å². The van der Waals surface area contributed by atoms with Gasteiger partial charge in [0.2, 0.25) is 5.91 Å². The number of carbonyl (C=O) groups is 1. The van der Waals surface area contributed by atoms with Crippen LogP contribution in [0, 0.1) is 12.3 Å². The molecule has 1 aromatic rings. The summed E-state index contributed by atoms with van der Waals surface area (Å²) in [5.74, 6) is 0.273. The predicted molar refractivity (Wildman–Crippen MR) is 100 cm³/mol. The molecule has 134 valence electrons. The number of benzene rings is 1. The summed E-state index contributed by atoms with van der Waals surface area (Å²) >= 11 is 0. The van der Waals surface area contributed by atoms with E-state index in [1.165, 1.54) is 11.1 Å². The van der Waals surface area contributed by atoms with Crippen LogP contribution in [0.25, 0.3) is 0 Å². The van der Waals surface area contributed by atoms with Crippen molar-refractivity contribution in [2.75, 3.05) is 26.2 Å². The van der Waals surface area contributed by atoms with E-state index in [1.54, 1.807) is 0 Å². The molecule has 2 aliphatic rings. The molecule has 5 heteroatoms. The molecule has 24 heavy (non-hydrogen) atoms. The summed E-state index contributed by atoms with van der Waals surface area (Å²) in [4.78, 5) is 17.2. The molecule has 1 heterocycles. The molecule has 4 nitrogen and oxygen atoms in total. The zero-order valence-corrected chi connectivity index (χ0v) is 15.6. The molecule has 0 bridgehead atoms. The van der Waals surface area contributed by atoms with Gasteiger partial charge in [0.25, 0.3) is 0 Å². The van der Waals surface area contributed by atoms with Crippen molar-refractivity contribution < 1.29 is 4.79 Å².